The second-order valence-electron chi connectivity index (χ2n) is 6.13. The van der Waals surface area contributed by atoms with Crippen molar-refractivity contribution in [1.82, 2.24) is 0 Å². The van der Waals surface area contributed by atoms with Crippen LogP contribution < -0.4 is 5.73 Å². The van der Waals surface area contributed by atoms with Gasteiger partial charge in [-0.25, -0.2) is 4.79 Å². The largest absolute Gasteiger partial charge is 0.462 e. The van der Waals surface area contributed by atoms with Crippen LogP contribution in [0.1, 0.15) is 25.0 Å². The molecule has 2 aromatic carbocycles. The van der Waals surface area contributed by atoms with Gasteiger partial charge in [0.1, 0.15) is 5.69 Å². The Morgan fingerprint density at radius 2 is 1.89 bits per heavy atom. The molecule has 0 unspecified atom stereocenters. The standard InChI is InChI=1S/C20H22N4O4/c1-4-17-14(11-12-28-20(25)13(2)3)5-10-18(19(17)21)23-22-15-6-8-16(9-7-15)24(26)27/h5-10H,2,4,11-12,21H2,1,3H3. The Hall–Kier alpha value is -3.55. The number of carbonyl (C=O) groups is 1. The van der Waals surface area contributed by atoms with E-state index < -0.39 is 10.9 Å². The number of anilines is 1. The molecular weight excluding hydrogens is 360 g/mol. The lowest BCUT2D eigenvalue weighted by Gasteiger charge is -2.13. The van der Waals surface area contributed by atoms with Gasteiger partial charge in [-0.05, 0) is 42.7 Å². The minimum atomic E-state index is -0.473. The van der Waals surface area contributed by atoms with Gasteiger partial charge in [-0.1, -0.05) is 19.6 Å². The van der Waals surface area contributed by atoms with Crippen LogP contribution >= 0.6 is 0 Å². The number of azo groups is 1. The molecule has 0 amide bonds. The number of rotatable bonds is 8. The van der Waals surface area contributed by atoms with Crippen LogP contribution in [0.4, 0.5) is 22.7 Å². The maximum absolute atomic E-state index is 11.5. The highest BCUT2D eigenvalue weighted by molar-refractivity contribution is 5.86. The summed E-state index contributed by atoms with van der Waals surface area (Å²) < 4.78 is 5.14. The molecule has 8 heteroatoms. The fourth-order valence-corrected chi connectivity index (χ4v) is 2.57. The van der Waals surface area contributed by atoms with Gasteiger partial charge in [0.2, 0.25) is 0 Å². The van der Waals surface area contributed by atoms with Gasteiger partial charge in [0, 0.05) is 24.1 Å². The van der Waals surface area contributed by atoms with Gasteiger partial charge in [-0.15, -0.1) is 5.11 Å². The van der Waals surface area contributed by atoms with E-state index in [0.29, 0.717) is 35.5 Å². The molecule has 0 saturated heterocycles. The normalized spacial score (nSPS) is 10.8. The molecule has 146 valence electrons. The zero-order valence-corrected chi connectivity index (χ0v) is 15.8. The molecule has 2 aromatic rings. The number of non-ortho nitro benzene ring substituents is 1. The van der Waals surface area contributed by atoms with Crippen LogP contribution in [0, 0.1) is 10.1 Å². The van der Waals surface area contributed by atoms with E-state index in [2.05, 4.69) is 16.8 Å². The third kappa shape index (κ3) is 5.23. The van der Waals surface area contributed by atoms with Crippen molar-refractivity contribution < 1.29 is 14.5 Å². The monoisotopic (exact) mass is 382 g/mol. The Morgan fingerprint density at radius 3 is 2.46 bits per heavy atom. The first-order chi connectivity index (χ1) is 13.3. The maximum atomic E-state index is 11.5. The highest BCUT2D eigenvalue weighted by atomic mass is 16.6. The summed E-state index contributed by atoms with van der Waals surface area (Å²) in [5.74, 6) is -0.417. The number of esters is 1. The summed E-state index contributed by atoms with van der Waals surface area (Å²) in [5, 5.41) is 18.9. The Balaban J connectivity index is 2.14. The average Bonchev–Trinajstić information content (AvgIpc) is 2.67. The number of nitrogen functional groups attached to an aromatic ring is 1. The fraction of sp³-hybridized carbons (Fsp3) is 0.250. The number of hydrogen-bond donors (Lipinski definition) is 1. The van der Waals surface area contributed by atoms with Crippen LogP contribution in [0.15, 0.2) is 58.8 Å². The van der Waals surface area contributed by atoms with E-state index in [1.165, 1.54) is 24.3 Å². The van der Waals surface area contributed by atoms with Crippen LogP contribution in [-0.4, -0.2) is 17.5 Å². The Bertz CT molecular complexity index is 921. The molecule has 0 heterocycles. The second-order valence-corrected chi connectivity index (χ2v) is 6.13. The van der Waals surface area contributed by atoms with Crippen LogP contribution in [-0.2, 0) is 22.4 Å². The van der Waals surface area contributed by atoms with Crippen LogP contribution in [0.5, 0.6) is 0 Å². The summed E-state index contributed by atoms with van der Waals surface area (Å²) in [7, 11) is 0. The van der Waals surface area contributed by atoms with Gasteiger partial charge < -0.3 is 10.5 Å². The van der Waals surface area contributed by atoms with Crippen LogP contribution in [0.3, 0.4) is 0 Å². The molecule has 0 saturated carbocycles. The SMILES string of the molecule is C=C(C)C(=O)OCCc1ccc(N=Nc2ccc([N+](=O)[O-])cc2)c(N)c1CC. The van der Waals surface area contributed by atoms with Gasteiger partial charge in [-0.2, -0.15) is 5.11 Å². The third-order valence-corrected chi connectivity index (χ3v) is 4.07. The molecule has 0 aliphatic rings. The van der Waals surface area contributed by atoms with E-state index in [9.17, 15) is 14.9 Å². The Kier molecular flexibility index (Phi) is 6.97. The number of benzene rings is 2. The molecule has 0 fully saturated rings. The molecule has 2 N–H and O–H groups in total. The van der Waals surface area contributed by atoms with E-state index in [-0.39, 0.29) is 12.3 Å². The van der Waals surface area contributed by atoms with Crippen molar-refractivity contribution in [2.24, 2.45) is 10.2 Å². The smallest absolute Gasteiger partial charge is 0.333 e. The molecule has 0 aliphatic heterocycles. The number of nitro benzene ring substituents is 1. The molecule has 0 radical (unpaired) electrons. The highest BCUT2D eigenvalue weighted by Gasteiger charge is 2.11. The molecule has 0 aromatic heterocycles. The molecule has 8 nitrogen and oxygen atoms in total. The highest BCUT2D eigenvalue weighted by Crippen LogP contribution is 2.31. The molecule has 0 bridgehead atoms. The van der Waals surface area contributed by atoms with Gasteiger partial charge in [0.25, 0.3) is 5.69 Å². The lowest BCUT2D eigenvalue weighted by atomic mass is 9.99. The molecule has 0 spiro atoms. The summed E-state index contributed by atoms with van der Waals surface area (Å²) in [5.41, 5.74) is 9.99. The van der Waals surface area contributed by atoms with E-state index in [4.69, 9.17) is 10.5 Å². The number of nitro groups is 1. The molecule has 0 atom stereocenters. The predicted molar refractivity (Wildman–Crippen MR) is 107 cm³/mol. The minimum Gasteiger partial charge on any atom is -0.462 e. The van der Waals surface area contributed by atoms with Crippen molar-refractivity contribution >= 4 is 28.7 Å². The van der Waals surface area contributed by atoms with E-state index in [1.807, 2.05) is 13.0 Å². The van der Waals surface area contributed by atoms with Crippen molar-refractivity contribution in [3.05, 3.63) is 69.8 Å². The zero-order chi connectivity index (χ0) is 20.7. The van der Waals surface area contributed by atoms with Gasteiger partial charge >= 0.3 is 5.97 Å². The lowest BCUT2D eigenvalue weighted by molar-refractivity contribution is -0.384. The fourth-order valence-electron chi connectivity index (χ4n) is 2.57. The van der Waals surface area contributed by atoms with Crippen molar-refractivity contribution in [2.75, 3.05) is 12.3 Å². The first kappa shape index (κ1) is 20.8. The van der Waals surface area contributed by atoms with Gasteiger partial charge in [0.05, 0.1) is 22.9 Å². The molecule has 0 aliphatic carbocycles. The van der Waals surface area contributed by atoms with Gasteiger partial charge in [-0.3, -0.25) is 10.1 Å². The van der Waals surface area contributed by atoms with Crippen LogP contribution in [0.2, 0.25) is 0 Å². The van der Waals surface area contributed by atoms with Crippen molar-refractivity contribution in [3.8, 4) is 0 Å². The van der Waals surface area contributed by atoms with Crippen molar-refractivity contribution in [2.45, 2.75) is 26.7 Å². The van der Waals surface area contributed by atoms with Crippen LogP contribution in [0.25, 0.3) is 0 Å². The second kappa shape index (κ2) is 9.40. The quantitative estimate of drug-likeness (QED) is 0.175. The predicted octanol–water partition coefficient (Wildman–Crippen LogP) is 4.82. The number of hydrogen-bond acceptors (Lipinski definition) is 7. The minimum absolute atomic E-state index is 0.0107. The maximum Gasteiger partial charge on any atom is 0.333 e. The van der Waals surface area contributed by atoms with E-state index in [0.717, 1.165) is 11.1 Å². The number of carbonyl (C=O) groups excluding carboxylic acids is 1. The number of nitrogens with two attached hydrogens (primary N) is 1. The number of nitrogens with zero attached hydrogens (tertiary/aromatic N) is 3. The summed E-state index contributed by atoms with van der Waals surface area (Å²) >= 11 is 0. The molecular formula is C20H22N4O4. The average molecular weight is 382 g/mol. The van der Waals surface area contributed by atoms with Crippen molar-refractivity contribution in [1.29, 1.82) is 0 Å². The summed E-state index contributed by atoms with van der Waals surface area (Å²) in [6, 6.07) is 9.40. The summed E-state index contributed by atoms with van der Waals surface area (Å²) in [4.78, 5) is 21.7. The lowest BCUT2D eigenvalue weighted by Crippen LogP contribution is -2.09. The summed E-state index contributed by atoms with van der Waals surface area (Å²) in [6.45, 7) is 7.36. The van der Waals surface area contributed by atoms with E-state index in [1.54, 1.807) is 13.0 Å². The topological polar surface area (TPSA) is 120 Å². The first-order valence-corrected chi connectivity index (χ1v) is 8.72. The van der Waals surface area contributed by atoms with Gasteiger partial charge in [0.15, 0.2) is 0 Å². The molecule has 28 heavy (non-hydrogen) atoms. The zero-order valence-electron chi connectivity index (χ0n) is 15.8. The number of ether oxygens (including phenoxy) is 1. The Labute approximate surface area is 162 Å². The third-order valence-electron chi connectivity index (χ3n) is 4.07. The first-order valence-electron chi connectivity index (χ1n) is 8.72. The van der Waals surface area contributed by atoms with E-state index >= 15 is 0 Å². The van der Waals surface area contributed by atoms with Crippen molar-refractivity contribution in [3.63, 3.8) is 0 Å². The molecule has 2 rings (SSSR count). The summed E-state index contributed by atoms with van der Waals surface area (Å²) in [6.07, 6.45) is 1.22. The Morgan fingerprint density at radius 1 is 1.21 bits per heavy atom.